The second-order valence-corrected chi connectivity index (χ2v) is 19.1. The molecule has 7 N–H and O–H groups in total. The minimum atomic E-state index is -1.76. The van der Waals surface area contributed by atoms with Crippen LogP contribution < -0.4 is 0 Å². The topological polar surface area (TPSA) is 231 Å². The predicted octanol–water partition coefficient (Wildman–Crippen LogP) is 7.77. The lowest BCUT2D eigenvalue weighted by molar-refractivity contribution is -0.332. The number of rotatable bonds is 42. The molecule has 0 aliphatic carbocycles. The summed E-state index contributed by atoms with van der Waals surface area (Å²) in [7, 11) is 0. The van der Waals surface area contributed by atoms with Gasteiger partial charge in [0.15, 0.2) is 18.7 Å². The zero-order valence-corrected chi connectivity index (χ0v) is 41.7. The molecule has 15 heteroatoms. The van der Waals surface area contributed by atoms with Crippen molar-refractivity contribution in [1.29, 1.82) is 0 Å². The molecule has 0 bridgehead atoms. The summed E-state index contributed by atoms with van der Waals surface area (Å²) in [4.78, 5) is 25.8. The van der Waals surface area contributed by atoms with E-state index in [2.05, 4.69) is 26.0 Å². The first-order chi connectivity index (χ1) is 32.5. The number of carbonyl (C=O) groups excluding carboxylic acids is 2. The number of unbranched alkanes of at least 4 members (excludes halogenated alkanes) is 26. The molecule has 0 amide bonds. The largest absolute Gasteiger partial charge is 0.462 e. The van der Waals surface area contributed by atoms with Crippen LogP contribution in [0.25, 0.3) is 0 Å². The van der Waals surface area contributed by atoms with E-state index in [1.54, 1.807) is 0 Å². The summed E-state index contributed by atoms with van der Waals surface area (Å²) >= 11 is 0. The van der Waals surface area contributed by atoms with Crippen LogP contribution in [0.1, 0.15) is 213 Å². The summed E-state index contributed by atoms with van der Waals surface area (Å²) in [6.45, 7) is 2.61. The van der Waals surface area contributed by atoms with Crippen LogP contribution in [0.3, 0.4) is 0 Å². The van der Waals surface area contributed by atoms with E-state index >= 15 is 0 Å². The Morgan fingerprint density at radius 3 is 1.31 bits per heavy atom. The van der Waals surface area contributed by atoms with E-state index in [0.717, 1.165) is 51.4 Å². The van der Waals surface area contributed by atoms with Crippen LogP contribution >= 0.6 is 0 Å². The van der Waals surface area contributed by atoms with Crippen LogP contribution in [0.4, 0.5) is 0 Å². The average molecular weight is 961 g/mol. The molecule has 11 atom stereocenters. The minimum Gasteiger partial charge on any atom is -0.462 e. The van der Waals surface area contributed by atoms with Crippen molar-refractivity contribution in [2.75, 3.05) is 26.4 Å². The molecule has 67 heavy (non-hydrogen) atoms. The number of carbonyl (C=O) groups is 2. The van der Waals surface area contributed by atoms with Gasteiger partial charge in [-0.15, -0.1) is 0 Å². The van der Waals surface area contributed by atoms with Crippen molar-refractivity contribution in [2.24, 2.45) is 0 Å². The molecule has 2 heterocycles. The number of hydrogen-bond acceptors (Lipinski definition) is 15. The Morgan fingerprint density at radius 2 is 0.851 bits per heavy atom. The molecular weight excluding hydrogens is 865 g/mol. The molecular formula is C52H96O15. The molecule has 2 saturated heterocycles. The van der Waals surface area contributed by atoms with E-state index in [4.69, 9.17) is 28.4 Å². The van der Waals surface area contributed by atoms with Crippen LogP contribution in [0.15, 0.2) is 12.2 Å². The van der Waals surface area contributed by atoms with Crippen LogP contribution in [0.2, 0.25) is 0 Å². The van der Waals surface area contributed by atoms with Crippen LogP contribution in [0, 0.1) is 0 Å². The second-order valence-electron chi connectivity index (χ2n) is 19.1. The Kier molecular flexibility index (Phi) is 36.5. The zero-order chi connectivity index (χ0) is 48.9. The summed E-state index contributed by atoms with van der Waals surface area (Å²) in [5.41, 5.74) is 0. The van der Waals surface area contributed by atoms with Crippen molar-refractivity contribution in [2.45, 2.75) is 280 Å². The Balaban J connectivity index is 1.79. The number of esters is 2. The Labute approximate surface area is 403 Å². The maximum absolute atomic E-state index is 13.0. The van der Waals surface area contributed by atoms with Gasteiger partial charge in [-0.05, 0) is 38.5 Å². The Bertz CT molecular complexity index is 1220. The van der Waals surface area contributed by atoms with Gasteiger partial charge in [0.1, 0.15) is 55.4 Å². The first-order valence-electron chi connectivity index (χ1n) is 26.8. The van der Waals surface area contributed by atoms with Gasteiger partial charge in [0.2, 0.25) is 0 Å². The Morgan fingerprint density at radius 1 is 0.463 bits per heavy atom. The first kappa shape index (κ1) is 61.4. The molecule has 11 unspecified atom stereocenters. The van der Waals surface area contributed by atoms with Crippen molar-refractivity contribution >= 4 is 11.9 Å². The van der Waals surface area contributed by atoms with Gasteiger partial charge in [-0.2, -0.15) is 0 Å². The molecule has 0 aromatic carbocycles. The molecule has 0 radical (unpaired) electrons. The number of allylic oxidation sites excluding steroid dienone is 2. The van der Waals surface area contributed by atoms with Gasteiger partial charge < -0.3 is 64.2 Å². The molecule has 0 aromatic heterocycles. The third kappa shape index (κ3) is 28.0. The maximum atomic E-state index is 13.0. The molecule has 2 aliphatic heterocycles. The summed E-state index contributed by atoms with van der Waals surface area (Å²) in [5, 5.41) is 72.1. The van der Waals surface area contributed by atoms with E-state index in [-0.39, 0.29) is 26.1 Å². The Hall–Kier alpha value is -1.76. The summed E-state index contributed by atoms with van der Waals surface area (Å²) in [5.74, 6) is -0.919. The van der Waals surface area contributed by atoms with Gasteiger partial charge in [0.05, 0.1) is 19.8 Å². The molecule has 0 aromatic rings. The van der Waals surface area contributed by atoms with Crippen LogP contribution in [-0.4, -0.2) is 142 Å². The molecule has 2 fully saturated rings. The molecule has 0 spiro atoms. The third-order valence-corrected chi connectivity index (χ3v) is 13.0. The minimum absolute atomic E-state index is 0.164. The van der Waals surface area contributed by atoms with Crippen molar-refractivity contribution in [3.05, 3.63) is 12.2 Å². The number of ether oxygens (including phenoxy) is 6. The first-order valence-corrected chi connectivity index (χ1v) is 26.8. The predicted molar refractivity (Wildman–Crippen MR) is 257 cm³/mol. The lowest BCUT2D eigenvalue weighted by atomic mass is 9.98. The highest BCUT2D eigenvalue weighted by molar-refractivity contribution is 5.70. The van der Waals surface area contributed by atoms with Gasteiger partial charge in [-0.1, -0.05) is 174 Å². The lowest BCUT2D eigenvalue weighted by Gasteiger charge is -2.42. The third-order valence-electron chi connectivity index (χ3n) is 13.0. The monoisotopic (exact) mass is 961 g/mol. The lowest BCUT2D eigenvalue weighted by Crippen LogP contribution is -2.61. The maximum Gasteiger partial charge on any atom is 0.306 e. The highest BCUT2D eigenvalue weighted by Crippen LogP contribution is 2.27. The summed E-state index contributed by atoms with van der Waals surface area (Å²) in [6.07, 6.45) is 22.3. The fourth-order valence-electron chi connectivity index (χ4n) is 8.57. The van der Waals surface area contributed by atoms with Crippen molar-refractivity contribution in [3.8, 4) is 0 Å². The van der Waals surface area contributed by atoms with Crippen LogP contribution in [-0.2, 0) is 38.0 Å². The fraction of sp³-hybridized carbons (Fsp3) is 0.923. The number of hydrogen-bond donors (Lipinski definition) is 7. The summed E-state index contributed by atoms with van der Waals surface area (Å²) in [6, 6.07) is 0. The van der Waals surface area contributed by atoms with E-state index in [0.29, 0.717) is 12.8 Å². The van der Waals surface area contributed by atoms with Crippen molar-refractivity contribution in [1.82, 2.24) is 0 Å². The normalized spacial score (nSPS) is 26.0. The van der Waals surface area contributed by atoms with Gasteiger partial charge >= 0.3 is 11.9 Å². The van der Waals surface area contributed by atoms with Gasteiger partial charge in [0.25, 0.3) is 0 Å². The molecule has 15 nitrogen and oxygen atoms in total. The highest BCUT2D eigenvalue weighted by Gasteiger charge is 2.47. The number of aliphatic hydroxyl groups is 7. The smallest absolute Gasteiger partial charge is 0.306 e. The summed E-state index contributed by atoms with van der Waals surface area (Å²) < 4.78 is 33.6. The van der Waals surface area contributed by atoms with Gasteiger partial charge in [0, 0.05) is 12.8 Å². The molecule has 2 aliphatic rings. The SMILES string of the molecule is CCCCCCCC/C=C\CCCCCCCCCC(=O)OC(COC(=O)CCCCCCCCCCCCCCCC)COC1OC(COC2OC(CO)C(O)C(O)C2O)C(O)C(O)C1O. The number of aliphatic hydroxyl groups excluding tert-OH is 7. The molecule has 0 saturated carbocycles. The van der Waals surface area contributed by atoms with Crippen LogP contribution in [0.5, 0.6) is 0 Å². The average Bonchev–Trinajstić information content (AvgIpc) is 3.32. The molecule has 2 rings (SSSR count). The van der Waals surface area contributed by atoms with E-state index in [9.17, 15) is 45.3 Å². The van der Waals surface area contributed by atoms with Gasteiger partial charge in [-0.3, -0.25) is 9.59 Å². The quantitative estimate of drug-likeness (QED) is 0.0176. The highest BCUT2D eigenvalue weighted by atomic mass is 16.7. The van der Waals surface area contributed by atoms with E-state index in [1.165, 1.54) is 122 Å². The zero-order valence-electron chi connectivity index (χ0n) is 41.7. The van der Waals surface area contributed by atoms with Gasteiger partial charge in [-0.25, -0.2) is 0 Å². The standard InChI is InChI=1S/C52H96O15/c1-3-5-7-9-11-13-15-17-19-20-21-23-25-27-29-31-33-35-44(55)65-40(37-62-43(54)34-32-30-28-26-24-22-18-16-14-12-10-8-6-4-2)38-63-51-50(61)48(59)46(57)42(67-51)39-64-52-49(60)47(58)45(56)41(36-53)66-52/h17,19,40-42,45-53,56-61H,3-16,18,20-39H2,1-2H3/b19-17-. The fourth-order valence-corrected chi connectivity index (χ4v) is 8.57. The van der Waals surface area contributed by atoms with E-state index < -0.39 is 92.7 Å². The van der Waals surface area contributed by atoms with Crippen molar-refractivity contribution < 1.29 is 73.8 Å². The molecule has 394 valence electrons. The van der Waals surface area contributed by atoms with E-state index in [1.807, 2.05) is 0 Å². The second kappa shape index (κ2) is 39.9. The van der Waals surface area contributed by atoms with Crippen molar-refractivity contribution in [3.63, 3.8) is 0 Å².